The summed E-state index contributed by atoms with van der Waals surface area (Å²) in [5.41, 5.74) is 1.46. The SMILES string of the molecule is COCC1CSc2ccccc21. The number of benzene rings is 1. The van der Waals surface area contributed by atoms with Crippen LogP contribution < -0.4 is 0 Å². The lowest BCUT2D eigenvalue weighted by Crippen LogP contribution is -2.04. The Balaban J connectivity index is 2.24. The van der Waals surface area contributed by atoms with E-state index in [9.17, 15) is 0 Å². The second kappa shape index (κ2) is 3.50. The molecule has 1 aromatic carbocycles. The number of ether oxygens (including phenoxy) is 1. The molecular weight excluding hydrogens is 168 g/mol. The van der Waals surface area contributed by atoms with Crippen LogP contribution in [-0.2, 0) is 4.74 Å². The lowest BCUT2D eigenvalue weighted by Gasteiger charge is -2.07. The maximum Gasteiger partial charge on any atom is 0.0539 e. The van der Waals surface area contributed by atoms with Crippen LogP contribution in [0.3, 0.4) is 0 Å². The first kappa shape index (κ1) is 8.14. The maximum absolute atomic E-state index is 5.17. The van der Waals surface area contributed by atoms with E-state index >= 15 is 0 Å². The second-order valence-electron chi connectivity index (χ2n) is 3.00. The monoisotopic (exact) mass is 180 g/mol. The fraction of sp³-hybridized carbons (Fsp3) is 0.400. The Morgan fingerprint density at radius 1 is 1.50 bits per heavy atom. The van der Waals surface area contributed by atoms with Gasteiger partial charge < -0.3 is 4.74 Å². The Hall–Kier alpha value is -0.470. The summed E-state index contributed by atoms with van der Waals surface area (Å²) in [6.45, 7) is 0.851. The summed E-state index contributed by atoms with van der Waals surface area (Å²) in [6.07, 6.45) is 0. The minimum Gasteiger partial charge on any atom is -0.384 e. The van der Waals surface area contributed by atoms with Crippen molar-refractivity contribution < 1.29 is 4.74 Å². The fourth-order valence-corrected chi connectivity index (χ4v) is 2.80. The number of methoxy groups -OCH3 is 1. The summed E-state index contributed by atoms with van der Waals surface area (Å²) in [5, 5.41) is 0. The average Bonchev–Trinajstić information content (AvgIpc) is 2.50. The Bertz CT molecular complexity index is 270. The quantitative estimate of drug-likeness (QED) is 0.691. The summed E-state index contributed by atoms with van der Waals surface area (Å²) >= 11 is 1.94. The van der Waals surface area contributed by atoms with Crippen molar-refractivity contribution in [1.82, 2.24) is 0 Å². The molecule has 0 aromatic heterocycles. The van der Waals surface area contributed by atoms with Crippen molar-refractivity contribution in [2.24, 2.45) is 0 Å². The summed E-state index contributed by atoms with van der Waals surface area (Å²) in [4.78, 5) is 1.43. The van der Waals surface area contributed by atoms with Crippen LogP contribution in [0, 0.1) is 0 Å². The number of hydrogen-bond donors (Lipinski definition) is 0. The third-order valence-corrected chi connectivity index (χ3v) is 3.42. The van der Waals surface area contributed by atoms with Crippen LogP contribution in [-0.4, -0.2) is 19.5 Å². The van der Waals surface area contributed by atoms with Crippen molar-refractivity contribution in [3.63, 3.8) is 0 Å². The van der Waals surface area contributed by atoms with E-state index in [4.69, 9.17) is 4.74 Å². The van der Waals surface area contributed by atoms with Gasteiger partial charge in [0.2, 0.25) is 0 Å². The highest BCUT2D eigenvalue weighted by Gasteiger charge is 2.21. The van der Waals surface area contributed by atoms with E-state index in [-0.39, 0.29) is 0 Å². The van der Waals surface area contributed by atoms with E-state index in [1.54, 1.807) is 7.11 Å². The number of thioether (sulfide) groups is 1. The zero-order valence-corrected chi connectivity index (χ0v) is 7.93. The lowest BCUT2D eigenvalue weighted by atomic mass is 10.0. The molecule has 12 heavy (non-hydrogen) atoms. The van der Waals surface area contributed by atoms with Gasteiger partial charge in [-0.2, -0.15) is 0 Å². The molecule has 0 amide bonds. The highest BCUT2D eigenvalue weighted by atomic mass is 32.2. The number of rotatable bonds is 2. The van der Waals surface area contributed by atoms with Crippen LogP contribution in [0.1, 0.15) is 11.5 Å². The van der Waals surface area contributed by atoms with Gasteiger partial charge in [0.15, 0.2) is 0 Å². The Labute approximate surface area is 77.1 Å². The number of fused-ring (bicyclic) bond motifs is 1. The third kappa shape index (κ3) is 1.37. The molecule has 2 rings (SSSR count). The minimum absolute atomic E-state index is 0.608. The molecular formula is C10H12OS. The van der Waals surface area contributed by atoms with Gasteiger partial charge in [-0.1, -0.05) is 18.2 Å². The van der Waals surface area contributed by atoms with Gasteiger partial charge in [0.25, 0.3) is 0 Å². The van der Waals surface area contributed by atoms with Crippen molar-refractivity contribution in [2.45, 2.75) is 10.8 Å². The molecule has 0 N–H and O–H groups in total. The summed E-state index contributed by atoms with van der Waals surface area (Å²) in [6, 6.07) is 8.60. The first-order chi connectivity index (χ1) is 5.92. The van der Waals surface area contributed by atoms with Gasteiger partial charge in [-0.15, -0.1) is 11.8 Å². The van der Waals surface area contributed by atoms with Crippen LogP contribution in [0.4, 0.5) is 0 Å². The molecule has 1 atom stereocenters. The van der Waals surface area contributed by atoms with E-state index in [2.05, 4.69) is 24.3 Å². The van der Waals surface area contributed by atoms with Crippen LogP contribution in [0.25, 0.3) is 0 Å². The summed E-state index contributed by atoms with van der Waals surface area (Å²) in [5.74, 6) is 1.78. The van der Waals surface area contributed by atoms with E-state index in [0.717, 1.165) is 6.61 Å². The van der Waals surface area contributed by atoms with Crippen LogP contribution >= 0.6 is 11.8 Å². The molecule has 2 heteroatoms. The molecule has 0 bridgehead atoms. The van der Waals surface area contributed by atoms with Crippen molar-refractivity contribution in [3.05, 3.63) is 29.8 Å². The molecule has 0 aliphatic carbocycles. The largest absolute Gasteiger partial charge is 0.384 e. The lowest BCUT2D eigenvalue weighted by molar-refractivity contribution is 0.185. The Kier molecular flexibility index (Phi) is 2.38. The van der Waals surface area contributed by atoms with Crippen molar-refractivity contribution in [1.29, 1.82) is 0 Å². The molecule has 1 aliphatic heterocycles. The molecule has 1 aliphatic rings. The highest BCUT2D eigenvalue weighted by molar-refractivity contribution is 7.99. The van der Waals surface area contributed by atoms with Gasteiger partial charge >= 0.3 is 0 Å². The molecule has 0 fully saturated rings. The Morgan fingerprint density at radius 3 is 3.17 bits per heavy atom. The van der Waals surface area contributed by atoms with Crippen LogP contribution in [0.5, 0.6) is 0 Å². The minimum atomic E-state index is 0.608. The van der Waals surface area contributed by atoms with Gasteiger partial charge in [0.1, 0.15) is 0 Å². The van der Waals surface area contributed by atoms with Gasteiger partial charge in [-0.25, -0.2) is 0 Å². The zero-order chi connectivity index (χ0) is 8.39. The fourth-order valence-electron chi connectivity index (χ4n) is 1.57. The average molecular weight is 180 g/mol. The highest BCUT2D eigenvalue weighted by Crippen LogP contribution is 2.39. The van der Waals surface area contributed by atoms with E-state index < -0.39 is 0 Å². The maximum atomic E-state index is 5.17. The number of hydrogen-bond acceptors (Lipinski definition) is 2. The van der Waals surface area contributed by atoms with Crippen LogP contribution in [0.15, 0.2) is 29.2 Å². The standard InChI is InChI=1S/C10H12OS/c1-11-6-8-7-12-10-5-3-2-4-9(8)10/h2-5,8H,6-7H2,1H3. The smallest absolute Gasteiger partial charge is 0.0539 e. The molecule has 0 spiro atoms. The molecule has 1 heterocycles. The van der Waals surface area contributed by atoms with Crippen molar-refractivity contribution in [3.8, 4) is 0 Å². The van der Waals surface area contributed by atoms with E-state index in [1.807, 2.05) is 11.8 Å². The first-order valence-electron chi connectivity index (χ1n) is 4.12. The summed E-state index contributed by atoms with van der Waals surface area (Å²) < 4.78 is 5.17. The molecule has 1 aromatic rings. The first-order valence-corrected chi connectivity index (χ1v) is 5.11. The van der Waals surface area contributed by atoms with Gasteiger partial charge in [-0.3, -0.25) is 0 Å². The zero-order valence-electron chi connectivity index (χ0n) is 7.12. The van der Waals surface area contributed by atoms with Crippen molar-refractivity contribution >= 4 is 11.8 Å². The summed E-state index contributed by atoms with van der Waals surface area (Å²) in [7, 11) is 1.77. The van der Waals surface area contributed by atoms with Gasteiger partial charge in [0.05, 0.1) is 6.61 Å². The predicted octanol–water partition coefficient (Wildman–Crippen LogP) is 2.52. The topological polar surface area (TPSA) is 9.23 Å². The molecule has 0 radical (unpaired) electrons. The van der Waals surface area contributed by atoms with E-state index in [1.165, 1.54) is 16.2 Å². The Morgan fingerprint density at radius 2 is 2.33 bits per heavy atom. The second-order valence-corrected chi connectivity index (χ2v) is 4.06. The van der Waals surface area contributed by atoms with Gasteiger partial charge in [0, 0.05) is 23.7 Å². The molecule has 1 unspecified atom stereocenters. The molecule has 1 nitrogen and oxygen atoms in total. The third-order valence-electron chi connectivity index (χ3n) is 2.17. The van der Waals surface area contributed by atoms with Crippen LogP contribution in [0.2, 0.25) is 0 Å². The van der Waals surface area contributed by atoms with Gasteiger partial charge in [-0.05, 0) is 11.6 Å². The van der Waals surface area contributed by atoms with Crippen molar-refractivity contribution in [2.75, 3.05) is 19.5 Å². The molecule has 0 saturated carbocycles. The van der Waals surface area contributed by atoms with E-state index in [0.29, 0.717) is 5.92 Å². The molecule has 0 saturated heterocycles. The normalized spacial score (nSPS) is 20.9. The molecule has 64 valence electrons. The predicted molar refractivity (Wildman–Crippen MR) is 51.8 cm³/mol.